The SMILES string of the molecule is [CH3-].[CH3-].[U].[V].[Y]. The van der Waals surface area contributed by atoms with Crippen LogP contribution >= 0.6 is 0 Å². The number of hydrogen-bond acceptors (Lipinski definition) is 0. The van der Waals surface area contributed by atoms with Gasteiger partial charge in [0.2, 0.25) is 0 Å². The molecule has 5 heavy (non-hydrogen) atoms. The summed E-state index contributed by atoms with van der Waals surface area (Å²) in [6.45, 7) is 0. The number of rotatable bonds is 0. The molecule has 0 saturated heterocycles. The number of hydrogen-bond donors (Lipinski definition) is 0. The van der Waals surface area contributed by atoms with E-state index in [1.165, 1.54) is 0 Å². The molecule has 0 spiro atoms. The van der Waals surface area contributed by atoms with Gasteiger partial charge in [-0.1, -0.05) is 0 Å². The zero-order chi connectivity index (χ0) is 0. The molecular weight excluding hydrogens is 402 g/mol. The van der Waals surface area contributed by atoms with Crippen LogP contribution in [0.25, 0.3) is 0 Å². The molecule has 0 saturated carbocycles. The molecule has 0 bridgehead atoms. The predicted octanol–water partition coefficient (Wildman–Crippen LogP) is 0.896. The quantitative estimate of drug-likeness (QED) is 0.523. The second-order valence-corrected chi connectivity index (χ2v) is 0. The Bertz CT molecular complexity index is 9.61. The molecule has 0 rings (SSSR count). The smallest absolute Gasteiger partial charge is 0 e. The van der Waals surface area contributed by atoms with E-state index in [1.807, 2.05) is 0 Å². The minimum Gasteiger partial charge on any atom is -0.358 e. The molecule has 0 aliphatic carbocycles. The van der Waals surface area contributed by atoms with Crippen LogP contribution in [0.15, 0.2) is 0 Å². The third-order valence-corrected chi connectivity index (χ3v) is 0. The maximum Gasteiger partial charge on any atom is 0 e. The summed E-state index contributed by atoms with van der Waals surface area (Å²) in [6, 6.07) is 0. The molecule has 0 aromatic carbocycles. The van der Waals surface area contributed by atoms with Gasteiger partial charge in [-0.25, -0.2) is 0 Å². The van der Waals surface area contributed by atoms with Crippen molar-refractivity contribution in [2.24, 2.45) is 0 Å². The van der Waals surface area contributed by atoms with E-state index in [9.17, 15) is 0 Å². The Kier molecular flexibility index (Phi) is 277. The Morgan fingerprint density at radius 2 is 0.800 bits per heavy atom. The van der Waals surface area contributed by atoms with Gasteiger partial charge in [-0.15, -0.1) is 0 Å². The van der Waals surface area contributed by atoms with Gasteiger partial charge in [-0.3, -0.25) is 0 Å². The molecule has 0 heterocycles. The van der Waals surface area contributed by atoms with Crippen LogP contribution in [0.1, 0.15) is 0 Å². The molecule has 2 radical (unpaired) electrons. The van der Waals surface area contributed by atoms with Crippen LogP contribution in [-0.4, -0.2) is 0 Å². The van der Waals surface area contributed by atoms with E-state index < -0.39 is 0 Å². The van der Waals surface area contributed by atoms with Crippen molar-refractivity contribution in [2.75, 3.05) is 0 Å². The maximum atomic E-state index is 0. The van der Waals surface area contributed by atoms with Gasteiger partial charge in [0.15, 0.2) is 0 Å². The Morgan fingerprint density at radius 1 is 0.800 bits per heavy atom. The minimum atomic E-state index is 0. The Hall–Kier alpha value is 2.74. The van der Waals surface area contributed by atoms with Crippen molar-refractivity contribution in [1.82, 2.24) is 0 Å². The Balaban J connectivity index is 0. The molecular formula is C2H6UVY-2. The van der Waals surface area contributed by atoms with Crippen LogP contribution in [0, 0.1) is 46.0 Å². The molecule has 0 fully saturated rings. The first-order valence-electron chi connectivity index (χ1n) is 0. The van der Waals surface area contributed by atoms with Gasteiger partial charge in [-0.2, -0.15) is 0 Å². The molecule has 0 aliphatic heterocycles. The van der Waals surface area contributed by atoms with Crippen molar-refractivity contribution < 1.29 is 82.4 Å². The average Bonchev–Trinajstić information content (AvgIpc) is 0. The third-order valence-electron chi connectivity index (χ3n) is 0. The normalized spacial score (nSPS) is 0. The molecule has 0 unspecified atom stereocenters. The van der Waals surface area contributed by atoms with Gasteiger partial charge in [0, 0.05) is 82.4 Å². The molecule has 0 aliphatic rings. The van der Waals surface area contributed by atoms with Crippen LogP contribution in [0.5, 0.6) is 0 Å². The fraction of sp³-hybridized carbons (Fsp3) is 0. The van der Waals surface area contributed by atoms with E-state index >= 15 is 0 Å². The third kappa shape index (κ3) is 20.2. The standard InChI is InChI=1S/2CH3.U.V.Y/h2*1H3;;;/q2*-1;;;. The molecule has 0 nitrogen and oxygen atoms in total. The van der Waals surface area contributed by atoms with E-state index in [2.05, 4.69) is 0 Å². The molecule has 0 N–H and O–H groups in total. The average molecular weight is 408 g/mol. The summed E-state index contributed by atoms with van der Waals surface area (Å²) in [5, 5.41) is 0. The van der Waals surface area contributed by atoms with Crippen molar-refractivity contribution in [3.8, 4) is 0 Å². The van der Waals surface area contributed by atoms with Crippen molar-refractivity contribution >= 4 is 0 Å². The summed E-state index contributed by atoms with van der Waals surface area (Å²) < 4.78 is 0. The van der Waals surface area contributed by atoms with E-state index in [1.54, 1.807) is 0 Å². The van der Waals surface area contributed by atoms with Gasteiger partial charge < -0.3 is 14.9 Å². The monoisotopic (exact) mass is 408 g/mol. The summed E-state index contributed by atoms with van der Waals surface area (Å²) in [7, 11) is 0. The van der Waals surface area contributed by atoms with Crippen LogP contribution in [0.3, 0.4) is 0 Å². The fourth-order valence-electron chi connectivity index (χ4n) is 0. The zero-order valence-corrected chi connectivity index (χ0v) is 11.9. The second kappa shape index (κ2) is 29.6. The van der Waals surface area contributed by atoms with Gasteiger partial charge in [0.25, 0.3) is 0 Å². The molecule has 28 valence electrons. The van der Waals surface area contributed by atoms with Crippen LogP contribution < -0.4 is 0 Å². The summed E-state index contributed by atoms with van der Waals surface area (Å²) in [5.74, 6) is 0. The Morgan fingerprint density at radius 3 is 0.800 bits per heavy atom. The van der Waals surface area contributed by atoms with E-state index in [0.717, 1.165) is 0 Å². The van der Waals surface area contributed by atoms with Crippen LogP contribution in [0.4, 0.5) is 0 Å². The predicted molar refractivity (Wildman–Crippen MR) is 12.8 cm³/mol. The first-order chi connectivity index (χ1) is 0. The summed E-state index contributed by atoms with van der Waals surface area (Å²) >= 11 is 0. The molecule has 0 aromatic heterocycles. The fourth-order valence-corrected chi connectivity index (χ4v) is 0. The van der Waals surface area contributed by atoms with E-state index in [0.29, 0.717) is 0 Å². The van der Waals surface area contributed by atoms with E-state index in [-0.39, 0.29) is 97.2 Å². The molecule has 0 atom stereocenters. The summed E-state index contributed by atoms with van der Waals surface area (Å²) in [6.07, 6.45) is 0. The van der Waals surface area contributed by atoms with Crippen molar-refractivity contribution in [1.29, 1.82) is 0 Å². The first kappa shape index (κ1) is 46.8. The Labute approximate surface area is 95.4 Å². The first-order valence-corrected chi connectivity index (χ1v) is 0. The largest absolute Gasteiger partial charge is 0.358 e. The topological polar surface area (TPSA) is 0 Å². The van der Waals surface area contributed by atoms with Gasteiger partial charge in [0.1, 0.15) is 0 Å². The van der Waals surface area contributed by atoms with Crippen molar-refractivity contribution in [3.63, 3.8) is 0 Å². The van der Waals surface area contributed by atoms with Crippen LogP contribution in [-0.2, 0) is 51.3 Å². The van der Waals surface area contributed by atoms with Crippen molar-refractivity contribution in [3.05, 3.63) is 14.9 Å². The minimum absolute atomic E-state index is 0. The molecule has 0 aromatic rings. The summed E-state index contributed by atoms with van der Waals surface area (Å²) in [5.41, 5.74) is 0. The van der Waals surface area contributed by atoms with Crippen molar-refractivity contribution in [2.45, 2.75) is 0 Å². The van der Waals surface area contributed by atoms with Crippen LogP contribution in [0.2, 0.25) is 0 Å². The maximum absolute atomic E-state index is 0. The molecule has 0 amide bonds. The van der Waals surface area contributed by atoms with E-state index in [4.69, 9.17) is 0 Å². The second-order valence-electron chi connectivity index (χ2n) is 0. The summed E-state index contributed by atoms with van der Waals surface area (Å²) in [4.78, 5) is 0. The van der Waals surface area contributed by atoms with Gasteiger partial charge in [-0.05, 0) is 0 Å². The van der Waals surface area contributed by atoms with Gasteiger partial charge >= 0.3 is 0 Å². The van der Waals surface area contributed by atoms with Gasteiger partial charge in [0.05, 0.1) is 0 Å². The zero-order valence-electron chi connectivity index (χ0n) is 3.52. The molecule has 3 heteroatoms.